The van der Waals surface area contributed by atoms with Crippen molar-refractivity contribution < 1.29 is 0 Å². The summed E-state index contributed by atoms with van der Waals surface area (Å²) in [6.45, 7) is 1.40. The van der Waals surface area contributed by atoms with Crippen molar-refractivity contribution in [1.82, 2.24) is 49.6 Å². The Balaban J connectivity index is 0.000000142. The fourth-order valence-corrected chi connectivity index (χ4v) is 7.79. The number of hydrogen-bond acceptors (Lipinski definition) is 8. The predicted octanol–water partition coefficient (Wildman–Crippen LogP) is 9.68. The summed E-state index contributed by atoms with van der Waals surface area (Å²) in [5.74, 6) is 2.42. The lowest BCUT2D eigenvalue weighted by Gasteiger charge is -2.22. The van der Waals surface area contributed by atoms with Gasteiger partial charge in [0.1, 0.15) is 11.6 Å². The SMILES string of the molecule is Brc1cnn2c(NCc3ccc4[nH]ncc4c3)cc(-c3ccccc3)nc12.Brc1cnn2c(NCc3ccc4[nH]ncc4c3)cc(C3CCCCC3)nc12. The standard InChI is InChI=1S/C20H21BrN6.C20H15BrN6/c2*21-16-12-24-27-19(9-18(25-20(16)27)14-4-2-1-3-5-14)22-10-13-6-7-17-15(8-13)11-23-26-17/h6-9,11-12,14,22H,1-5,10H2,(H,23,26);1-9,11-12,22H,10H2,(H,23,26). The van der Waals surface area contributed by atoms with Crippen molar-refractivity contribution in [2.24, 2.45) is 0 Å². The van der Waals surface area contributed by atoms with E-state index >= 15 is 0 Å². The van der Waals surface area contributed by atoms with Crippen LogP contribution in [0.25, 0.3) is 44.4 Å². The van der Waals surface area contributed by atoms with Gasteiger partial charge in [-0.25, -0.2) is 9.97 Å². The summed E-state index contributed by atoms with van der Waals surface area (Å²) in [5, 5.41) is 32.3. The molecule has 0 unspecified atom stereocenters. The van der Waals surface area contributed by atoms with Crippen LogP contribution in [-0.2, 0) is 13.1 Å². The molecule has 270 valence electrons. The zero-order chi connectivity index (χ0) is 36.4. The number of hydrogen-bond donors (Lipinski definition) is 4. The molecule has 1 aliphatic carbocycles. The van der Waals surface area contributed by atoms with Gasteiger partial charge in [0.2, 0.25) is 0 Å². The molecule has 0 amide bonds. The first-order valence-corrected chi connectivity index (χ1v) is 19.6. The quantitative estimate of drug-likeness (QED) is 0.119. The first kappa shape index (κ1) is 34.2. The van der Waals surface area contributed by atoms with E-state index < -0.39 is 0 Å². The molecule has 0 radical (unpaired) electrons. The van der Waals surface area contributed by atoms with Crippen molar-refractivity contribution in [2.45, 2.75) is 51.1 Å². The lowest BCUT2D eigenvalue weighted by Crippen LogP contribution is -2.11. The zero-order valence-corrected chi connectivity index (χ0v) is 32.3. The van der Waals surface area contributed by atoms with Crippen LogP contribution in [0.15, 0.2) is 113 Å². The maximum atomic E-state index is 4.91. The molecule has 1 fully saturated rings. The van der Waals surface area contributed by atoms with Crippen molar-refractivity contribution in [2.75, 3.05) is 10.6 Å². The Morgan fingerprint density at radius 3 is 1.81 bits per heavy atom. The van der Waals surface area contributed by atoms with Crippen LogP contribution in [0, 0.1) is 0 Å². The van der Waals surface area contributed by atoms with Crippen LogP contribution in [0.4, 0.5) is 11.6 Å². The summed E-state index contributed by atoms with van der Waals surface area (Å²) in [5.41, 5.74) is 9.27. The van der Waals surface area contributed by atoms with Crippen molar-refractivity contribution in [3.63, 3.8) is 0 Å². The average Bonchev–Trinajstić information content (AvgIpc) is 4.04. The normalized spacial score (nSPS) is 13.4. The van der Waals surface area contributed by atoms with E-state index in [9.17, 15) is 0 Å². The molecular weight excluding hydrogens is 808 g/mol. The second-order valence-corrected chi connectivity index (χ2v) is 15.2. The first-order chi connectivity index (χ1) is 26.6. The number of aromatic nitrogens is 10. The highest BCUT2D eigenvalue weighted by molar-refractivity contribution is 9.11. The Morgan fingerprint density at radius 2 is 1.20 bits per heavy atom. The topological polar surface area (TPSA) is 142 Å². The van der Waals surface area contributed by atoms with Crippen LogP contribution < -0.4 is 10.6 Å². The van der Waals surface area contributed by atoms with Crippen molar-refractivity contribution in [1.29, 1.82) is 0 Å². The van der Waals surface area contributed by atoms with Crippen LogP contribution in [0.2, 0.25) is 0 Å². The van der Waals surface area contributed by atoms with Crippen LogP contribution in [0.5, 0.6) is 0 Å². The molecule has 12 nitrogen and oxygen atoms in total. The van der Waals surface area contributed by atoms with Gasteiger partial charge in [0.05, 0.1) is 50.5 Å². The molecule has 0 saturated heterocycles. The van der Waals surface area contributed by atoms with E-state index in [0.29, 0.717) is 12.5 Å². The first-order valence-electron chi connectivity index (χ1n) is 18.0. The van der Waals surface area contributed by atoms with E-state index in [2.05, 4.69) is 122 Å². The van der Waals surface area contributed by atoms with Crippen LogP contribution in [0.1, 0.15) is 54.8 Å². The number of halogens is 2. The van der Waals surface area contributed by atoms with Gasteiger partial charge in [0.25, 0.3) is 0 Å². The summed E-state index contributed by atoms with van der Waals surface area (Å²) in [6.07, 6.45) is 13.7. The highest BCUT2D eigenvalue weighted by Gasteiger charge is 2.20. The Morgan fingerprint density at radius 1 is 0.630 bits per heavy atom. The lowest BCUT2D eigenvalue weighted by atomic mass is 9.87. The maximum Gasteiger partial charge on any atom is 0.172 e. The number of anilines is 2. The minimum atomic E-state index is 0.549. The molecule has 14 heteroatoms. The third kappa shape index (κ3) is 7.06. The second-order valence-electron chi connectivity index (χ2n) is 13.5. The Bertz CT molecular complexity index is 2710. The molecule has 54 heavy (non-hydrogen) atoms. The summed E-state index contributed by atoms with van der Waals surface area (Å²) in [7, 11) is 0. The van der Waals surface area contributed by atoms with E-state index in [1.54, 1.807) is 6.20 Å². The number of aromatic amines is 2. The third-order valence-electron chi connectivity index (χ3n) is 9.93. The molecule has 1 aliphatic rings. The molecule has 3 aromatic carbocycles. The van der Waals surface area contributed by atoms with Crippen molar-refractivity contribution in [3.05, 3.63) is 129 Å². The van der Waals surface area contributed by atoms with E-state index in [1.165, 1.54) is 48.9 Å². The Kier molecular flexibility index (Phi) is 9.52. The molecule has 6 heterocycles. The summed E-state index contributed by atoms with van der Waals surface area (Å²) in [4.78, 5) is 9.67. The second kappa shape index (κ2) is 15.0. The van der Waals surface area contributed by atoms with E-state index in [4.69, 9.17) is 9.97 Å². The molecule has 9 aromatic rings. The van der Waals surface area contributed by atoms with Gasteiger partial charge in [-0.15, -0.1) is 0 Å². The van der Waals surface area contributed by atoms with Gasteiger partial charge in [-0.1, -0.05) is 61.7 Å². The van der Waals surface area contributed by atoms with Gasteiger partial charge < -0.3 is 10.6 Å². The molecule has 6 aromatic heterocycles. The lowest BCUT2D eigenvalue weighted by molar-refractivity contribution is 0.437. The van der Waals surface area contributed by atoms with Gasteiger partial charge >= 0.3 is 0 Å². The Labute approximate surface area is 327 Å². The maximum absolute atomic E-state index is 4.91. The molecular formula is C40H36Br2N12. The van der Waals surface area contributed by atoms with E-state index in [0.717, 1.165) is 71.5 Å². The van der Waals surface area contributed by atoms with E-state index in [1.807, 2.05) is 58.0 Å². The number of fused-ring (bicyclic) bond motifs is 4. The minimum absolute atomic E-state index is 0.549. The highest BCUT2D eigenvalue weighted by atomic mass is 79.9. The van der Waals surface area contributed by atoms with Crippen molar-refractivity contribution >= 4 is 76.6 Å². The monoisotopic (exact) mass is 842 g/mol. The van der Waals surface area contributed by atoms with Gasteiger partial charge in [0.15, 0.2) is 11.3 Å². The largest absolute Gasteiger partial charge is 0.366 e. The fraction of sp³-hybridized carbons (Fsp3) is 0.200. The number of nitrogens with one attached hydrogen (secondary N) is 4. The fourth-order valence-electron chi connectivity index (χ4n) is 7.10. The van der Waals surface area contributed by atoms with E-state index in [-0.39, 0.29) is 0 Å². The summed E-state index contributed by atoms with van der Waals surface area (Å²) in [6, 6.07) is 26.9. The number of rotatable bonds is 8. The molecule has 0 spiro atoms. The number of benzene rings is 3. The third-order valence-corrected chi connectivity index (χ3v) is 11.0. The van der Waals surface area contributed by atoms with Crippen LogP contribution in [-0.4, -0.2) is 49.6 Å². The molecule has 4 N–H and O–H groups in total. The van der Waals surface area contributed by atoms with Crippen LogP contribution >= 0.6 is 31.9 Å². The molecule has 0 bridgehead atoms. The highest BCUT2D eigenvalue weighted by Crippen LogP contribution is 2.34. The van der Waals surface area contributed by atoms with Gasteiger partial charge in [-0.2, -0.15) is 29.4 Å². The van der Waals surface area contributed by atoms with Crippen LogP contribution in [0.3, 0.4) is 0 Å². The van der Waals surface area contributed by atoms with Gasteiger partial charge in [-0.3, -0.25) is 10.2 Å². The zero-order valence-electron chi connectivity index (χ0n) is 29.2. The summed E-state index contributed by atoms with van der Waals surface area (Å²) < 4.78 is 5.49. The average molecular weight is 845 g/mol. The minimum Gasteiger partial charge on any atom is -0.366 e. The number of H-pyrrole nitrogens is 2. The molecule has 0 atom stereocenters. The molecule has 0 aliphatic heterocycles. The number of nitrogens with zero attached hydrogens (tertiary/aromatic N) is 8. The van der Waals surface area contributed by atoms with Gasteiger partial charge in [0, 0.05) is 53.2 Å². The van der Waals surface area contributed by atoms with Gasteiger partial charge in [-0.05, 0) is 80.1 Å². The van der Waals surface area contributed by atoms with Crippen molar-refractivity contribution in [3.8, 4) is 11.3 Å². The Hall–Kier alpha value is -5.60. The smallest absolute Gasteiger partial charge is 0.172 e. The summed E-state index contributed by atoms with van der Waals surface area (Å²) >= 11 is 7.14. The molecule has 1 saturated carbocycles. The predicted molar refractivity (Wildman–Crippen MR) is 219 cm³/mol. The molecule has 10 rings (SSSR count).